The van der Waals surface area contributed by atoms with Crippen LogP contribution in [0.1, 0.15) is 34.9 Å². The highest BCUT2D eigenvalue weighted by atomic mass is 16.5. The van der Waals surface area contributed by atoms with Crippen molar-refractivity contribution in [1.82, 2.24) is 19.9 Å². The Balaban J connectivity index is 1.25. The monoisotopic (exact) mass is 501 g/mol. The van der Waals surface area contributed by atoms with Gasteiger partial charge in [0.15, 0.2) is 5.58 Å². The number of hydrogen-bond donors (Lipinski definition) is 3. The molecule has 37 heavy (non-hydrogen) atoms. The molecule has 0 bridgehead atoms. The number of nitrogens with zero attached hydrogens (tertiary/aromatic N) is 5. The second-order valence-electron chi connectivity index (χ2n) is 8.84. The summed E-state index contributed by atoms with van der Waals surface area (Å²) in [5.41, 5.74) is 3.80. The Morgan fingerprint density at radius 3 is 2.59 bits per heavy atom. The molecular formula is C25H23N7O5. The van der Waals surface area contributed by atoms with E-state index in [0.717, 1.165) is 18.5 Å². The quantitative estimate of drug-likeness (QED) is 0.356. The number of amides is 2. The molecule has 4 aromatic heterocycles. The fourth-order valence-electron chi connectivity index (χ4n) is 4.16. The number of carboxylic acid groups (broad SMARTS) is 1. The number of nitrogens with one attached hydrogen (secondary N) is 2. The van der Waals surface area contributed by atoms with Gasteiger partial charge < -0.3 is 24.5 Å². The number of carbonyl (C=O) groups excluding carboxylic acids is 1. The van der Waals surface area contributed by atoms with Gasteiger partial charge in [0.1, 0.15) is 11.5 Å². The standard InChI is InChI=1S/C25H23N7O5/c33-23(17-3-1-2-16(27-17)15-6-7-20(26-13-15)29-25(34)35)28-18-12-19-22(30-21(18)14-4-5-14)31-24(37-19)32-8-10-36-11-9-32/h1-3,6-7,12-14H,4-5,8-11H2,(H,26,29)(H,28,33)(H,34,35). The van der Waals surface area contributed by atoms with Gasteiger partial charge in [-0.25, -0.2) is 19.7 Å². The number of carbonyl (C=O) groups is 2. The van der Waals surface area contributed by atoms with Crippen LogP contribution in [-0.2, 0) is 4.74 Å². The van der Waals surface area contributed by atoms with E-state index < -0.39 is 6.09 Å². The van der Waals surface area contributed by atoms with Crippen molar-refractivity contribution >= 4 is 40.8 Å². The zero-order valence-electron chi connectivity index (χ0n) is 19.7. The summed E-state index contributed by atoms with van der Waals surface area (Å²) < 4.78 is 11.4. The summed E-state index contributed by atoms with van der Waals surface area (Å²) in [6, 6.07) is 10.6. The predicted octanol–water partition coefficient (Wildman–Crippen LogP) is 3.74. The van der Waals surface area contributed by atoms with E-state index >= 15 is 0 Å². The molecule has 2 amide bonds. The predicted molar refractivity (Wildman–Crippen MR) is 134 cm³/mol. The number of fused-ring (bicyclic) bond motifs is 1. The zero-order chi connectivity index (χ0) is 25.4. The van der Waals surface area contributed by atoms with Crippen molar-refractivity contribution in [2.45, 2.75) is 18.8 Å². The number of aromatic nitrogens is 4. The van der Waals surface area contributed by atoms with Gasteiger partial charge in [0.05, 0.1) is 30.3 Å². The van der Waals surface area contributed by atoms with Crippen LogP contribution in [0, 0.1) is 0 Å². The maximum Gasteiger partial charge on any atom is 0.410 e. The van der Waals surface area contributed by atoms with E-state index in [0.29, 0.717) is 60.5 Å². The van der Waals surface area contributed by atoms with Gasteiger partial charge in [-0.05, 0) is 37.1 Å². The van der Waals surface area contributed by atoms with Crippen LogP contribution in [0.5, 0.6) is 0 Å². The summed E-state index contributed by atoms with van der Waals surface area (Å²) in [5, 5.41) is 14.0. The average molecular weight is 502 g/mol. The molecule has 12 nitrogen and oxygen atoms in total. The highest BCUT2D eigenvalue weighted by Gasteiger charge is 2.30. The molecule has 1 saturated heterocycles. The SMILES string of the molecule is O=C(O)Nc1ccc(-c2cccc(C(=O)Nc3cc4oc(N5CCOCC5)nc4nc3C3CC3)n2)cn1. The third-order valence-electron chi connectivity index (χ3n) is 6.17. The summed E-state index contributed by atoms with van der Waals surface area (Å²) in [6.45, 7) is 2.63. The maximum absolute atomic E-state index is 13.2. The number of morpholine rings is 1. The van der Waals surface area contributed by atoms with E-state index in [1.165, 1.54) is 12.3 Å². The van der Waals surface area contributed by atoms with Crippen molar-refractivity contribution in [2.24, 2.45) is 0 Å². The van der Waals surface area contributed by atoms with Gasteiger partial charge in [-0.15, -0.1) is 0 Å². The van der Waals surface area contributed by atoms with Crippen molar-refractivity contribution in [3.05, 3.63) is 54.0 Å². The van der Waals surface area contributed by atoms with E-state index in [9.17, 15) is 9.59 Å². The first-order valence-electron chi connectivity index (χ1n) is 11.9. The minimum atomic E-state index is -1.20. The molecule has 1 aliphatic carbocycles. The molecule has 6 rings (SSSR count). The Morgan fingerprint density at radius 1 is 1.03 bits per heavy atom. The second kappa shape index (κ2) is 9.47. The normalized spacial score (nSPS) is 15.5. The number of rotatable bonds is 6. The summed E-state index contributed by atoms with van der Waals surface area (Å²) >= 11 is 0. The number of hydrogen-bond acceptors (Lipinski definition) is 9. The molecular weight excluding hydrogens is 478 g/mol. The molecule has 4 aromatic rings. The van der Waals surface area contributed by atoms with Gasteiger partial charge in [0.2, 0.25) is 5.65 Å². The molecule has 2 aliphatic rings. The topological polar surface area (TPSA) is 156 Å². The van der Waals surface area contributed by atoms with Crippen LogP contribution in [0.25, 0.3) is 22.5 Å². The van der Waals surface area contributed by atoms with Crippen LogP contribution >= 0.6 is 0 Å². The average Bonchev–Trinajstić information content (AvgIpc) is 3.68. The molecule has 5 heterocycles. The van der Waals surface area contributed by atoms with Crippen LogP contribution in [0.3, 0.4) is 0 Å². The smallest absolute Gasteiger partial charge is 0.410 e. The van der Waals surface area contributed by atoms with Crippen LogP contribution < -0.4 is 15.5 Å². The number of pyridine rings is 3. The molecule has 0 atom stereocenters. The van der Waals surface area contributed by atoms with Gasteiger partial charge in [0.25, 0.3) is 11.9 Å². The van der Waals surface area contributed by atoms with Crippen LogP contribution in [-0.4, -0.2) is 63.3 Å². The van der Waals surface area contributed by atoms with E-state index in [1.54, 1.807) is 30.3 Å². The van der Waals surface area contributed by atoms with Crippen molar-refractivity contribution < 1.29 is 23.8 Å². The minimum Gasteiger partial charge on any atom is -0.465 e. The van der Waals surface area contributed by atoms with Crippen molar-refractivity contribution in [2.75, 3.05) is 41.8 Å². The van der Waals surface area contributed by atoms with Crippen LogP contribution in [0.4, 0.5) is 22.3 Å². The molecule has 188 valence electrons. The maximum atomic E-state index is 13.2. The van der Waals surface area contributed by atoms with Gasteiger partial charge in [0, 0.05) is 36.8 Å². The van der Waals surface area contributed by atoms with E-state index in [-0.39, 0.29) is 23.3 Å². The van der Waals surface area contributed by atoms with Gasteiger partial charge in [-0.3, -0.25) is 10.1 Å². The minimum absolute atomic E-state index is 0.199. The number of ether oxygens (including phenoxy) is 1. The third kappa shape index (κ3) is 4.91. The van der Waals surface area contributed by atoms with Crippen LogP contribution in [0.15, 0.2) is 47.0 Å². The number of oxazole rings is 1. The Bertz CT molecular complexity index is 1480. The molecule has 0 aromatic carbocycles. The van der Waals surface area contributed by atoms with Gasteiger partial charge in [-0.2, -0.15) is 4.98 Å². The van der Waals surface area contributed by atoms with E-state index in [1.807, 2.05) is 4.90 Å². The fraction of sp³-hybridized carbons (Fsp3) is 0.280. The van der Waals surface area contributed by atoms with E-state index in [4.69, 9.17) is 19.2 Å². The molecule has 0 unspecified atom stereocenters. The van der Waals surface area contributed by atoms with Crippen molar-refractivity contribution in [3.63, 3.8) is 0 Å². The molecule has 0 radical (unpaired) electrons. The van der Waals surface area contributed by atoms with Gasteiger partial charge in [-0.1, -0.05) is 6.07 Å². The fourth-order valence-corrected chi connectivity index (χ4v) is 4.16. The Morgan fingerprint density at radius 2 is 1.86 bits per heavy atom. The summed E-state index contributed by atoms with van der Waals surface area (Å²) in [7, 11) is 0. The summed E-state index contributed by atoms with van der Waals surface area (Å²) in [5.74, 6) is 0.0892. The first-order valence-corrected chi connectivity index (χ1v) is 11.9. The largest absolute Gasteiger partial charge is 0.465 e. The molecule has 3 N–H and O–H groups in total. The third-order valence-corrected chi connectivity index (χ3v) is 6.17. The first kappa shape index (κ1) is 22.9. The van der Waals surface area contributed by atoms with E-state index in [2.05, 4.69) is 25.6 Å². The van der Waals surface area contributed by atoms with Crippen molar-refractivity contribution in [3.8, 4) is 11.3 Å². The Hall–Kier alpha value is -4.58. The lowest BCUT2D eigenvalue weighted by Gasteiger charge is -2.24. The van der Waals surface area contributed by atoms with Gasteiger partial charge >= 0.3 is 6.09 Å². The first-order chi connectivity index (χ1) is 18.0. The molecule has 0 spiro atoms. The lowest BCUT2D eigenvalue weighted by molar-refractivity contribution is 0.102. The summed E-state index contributed by atoms with van der Waals surface area (Å²) in [6.07, 6.45) is 2.30. The Labute approximate surface area is 210 Å². The molecule has 1 aliphatic heterocycles. The zero-order valence-corrected chi connectivity index (χ0v) is 19.7. The van der Waals surface area contributed by atoms with Crippen LogP contribution in [0.2, 0.25) is 0 Å². The highest BCUT2D eigenvalue weighted by molar-refractivity contribution is 6.04. The molecule has 1 saturated carbocycles. The second-order valence-corrected chi connectivity index (χ2v) is 8.84. The summed E-state index contributed by atoms with van der Waals surface area (Å²) in [4.78, 5) is 43.9. The van der Waals surface area contributed by atoms with Crippen molar-refractivity contribution in [1.29, 1.82) is 0 Å². The number of anilines is 3. The lowest BCUT2D eigenvalue weighted by atomic mass is 10.1. The molecule has 12 heteroatoms. The molecule has 2 fully saturated rings. The Kier molecular flexibility index (Phi) is 5.85. The lowest BCUT2D eigenvalue weighted by Crippen LogP contribution is -2.36. The highest BCUT2D eigenvalue weighted by Crippen LogP contribution is 2.43.